The van der Waals surface area contributed by atoms with Crippen LogP contribution in [0.15, 0.2) is 16.3 Å². The van der Waals surface area contributed by atoms with Crippen molar-refractivity contribution < 1.29 is 19.4 Å². The summed E-state index contributed by atoms with van der Waals surface area (Å²) in [4.78, 5) is 28.2. The van der Waals surface area contributed by atoms with Crippen molar-refractivity contribution in [1.29, 1.82) is 0 Å². The monoisotopic (exact) mass is 281 g/mol. The first kappa shape index (κ1) is 16.4. The van der Waals surface area contributed by atoms with Crippen LogP contribution in [0.2, 0.25) is 0 Å². The minimum atomic E-state index is -0.830. The SMILES string of the molecule is CC[C@@H](C)N=CC1=C(O)[C@@H](C(=O)OC)C(C)(C)CC1=O. The number of rotatable bonds is 4. The van der Waals surface area contributed by atoms with E-state index in [0.29, 0.717) is 0 Å². The Labute approximate surface area is 119 Å². The molecule has 1 aliphatic rings. The van der Waals surface area contributed by atoms with Gasteiger partial charge in [0, 0.05) is 18.7 Å². The zero-order chi connectivity index (χ0) is 15.5. The van der Waals surface area contributed by atoms with E-state index in [4.69, 9.17) is 4.74 Å². The van der Waals surface area contributed by atoms with Gasteiger partial charge in [0.05, 0.1) is 12.7 Å². The van der Waals surface area contributed by atoms with Gasteiger partial charge in [0.25, 0.3) is 0 Å². The van der Waals surface area contributed by atoms with E-state index in [1.54, 1.807) is 13.8 Å². The van der Waals surface area contributed by atoms with Gasteiger partial charge in [-0.1, -0.05) is 20.8 Å². The Bertz CT molecular complexity index is 462. The molecule has 0 aromatic rings. The fourth-order valence-electron chi connectivity index (χ4n) is 2.27. The summed E-state index contributed by atoms with van der Waals surface area (Å²) in [5, 5.41) is 10.3. The zero-order valence-electron chi connectivity index (χ0n) is 12.8. The van der Waals surface area contributed by atoms with Crippen molar-refractivity contribution in [2.24, 2.45) is 16.3 Å². The van der Waals surface area contributed by atoms with Gasteiger partial charge in [-0.2, -0.15) is 0 Å². The standard InChI is InChI=1S/C15H23NO4/c1-6-9(2)16-8-10-11(17)7-15(3,4)12(13(10)18)14(19)20-5/h8-9,12,18H,6-7H2,1-5H3/t9-,12+/m1/s1. The van der Waals surface area contributed by atoms with Gasteiger partial charge in [0.2, 0.25) is 0 Å². The van der Waals surface area contributed by atoms with Crippen LogP contribution in [0.4, 0.5) is 0 Å². The molecule has 0 fully saturated rings. The van der Waals surface area contributed by atoms with Gasteiger partial charge < -0.3 is 9.84 Å². The highest BCUT2D eigenvalue weighted by molar-refractivity contribution is 6.15. The summed E-state index contributed by atoms with van der Waals surface area (Å²) in [6.45, 7) is 7.44. The van der Waals surface area contributed by atoms with Gasteiger partial charge in [-0.05, 0) is 18.8 Å². The van der Waals surface area contributed by atoms with Gasteiger partial charge in [-0.15, -0.1) is 0 Å². The number of aliphatic hydroxyl groups is 1. The van der Waals surface area contributed by atoms with Crippen LogP contribution in [0.3, 0.4) is 0 Å². The molecule has 0 heterocycles. The van der Waals surface area contributed by atoms with Crippen molar-refractivity contribution >= 4 is 18.0 Å². The minimum absolute atomic E-state index is 0.0645. The number of methoxy groups -OCH3 is 1. The number of ether oxygens (including phenoxy) is 1. The lowest BCUT2D eigenvalue weighted by Gasteiger charge is -2.35. The third kappa shape index (κ3) is 3.26. The molecule has 112 valence electrons. The minimum Gasteiger partial charge on any atom is -0.511 e. The summed E-state index contributed by atoms with van der Waals surface area (Å²) < 4.78 is 4.74. The number of Topliss-reactive ketones (excluding diaryl/α,β-unsaturated/α-hetero) is 1. The number of hydrogen-bond acceptors (Lipinski definition) is 5. The summed E-state index contributed by atoms with van der Waals surface area (Å²) in [5.41, 5.74) is -0.540. The number of allylic oxidation sites excluding steroid dienone is 1. The smallest absolute Gasteiger partial charge is 0.316 e. The Hall–Kier alpha value is -1.65. The van der Waals surface area contributed by atoms with Gasteiger partial charge in [-0.25, -0.2) is 0 Å². The first-order chi connectivity index (χ1) is 9.24. The van der Waals surface area contributed by atoms with Crippen LogP contribution in [0.5, 0.6) is 0 Å². The van der Waals surface area contributed by atoms with E-state index in [2.05, 4.69) is 4.99 Å². The lowest BCUT2D eigenvalue weighted by molar-refractivity contribution is -0.150. The Morgan fingerprint density at radius 3 is 2.70 bits per heavy atom. The fraction of sp³-hybridized carbons (Fsp3) is 0.667. The number of hydrogen-bond donors (Lipinski definition) is 1. The lowest BCUT2D eigenvalue weighted by Crippen LogP contribution is -2.40. The predicted molar refractivity (Wildman–Crippen MR) is 76.8 cm³/mol. The number of ketones is 1. The molecule has 1 aliphatic carbocycles. The number of carbonyl (C=O) groups is 2. The molecular formula is C15H23NO4. The summed E-state index contributed by atoms with van der Waals surface area (Å²) in [7, 11) is 1.27. The Morgan fingerprint density at radius 1 is 1.60 bits per heavy atom. The molecule has 2 atom stereocenters. The molecule has 0 unspecified atom stereocenters. The molecule has 0 amide bonds. The quantitative estimate of drug-likeness (QED) is 0.634. The van der Waals surface area contributed by atoms with Crippen molar-refractivity contribution in [2.45, 2.75) is 46.6 Å². The summed E-state index contributed by atoms with van der Waals surface area (Å²) in [6.07, 6.45) is 2.40. The largest absolute Gasteiger partial charge is 0.511 e. The molecule has 0 saturated carbocycles. The maximum atomic E-state index is 12.1. The maximum absolute atomic E-state index is 12.1. The van der Waals surface area contributed by atoms with Crippen molar-refractivity contribution in [3.8, 4) is 0 Å². The van der Waals surface area contributed by atoms with Crippen LogP contribution in [0.1, 0.15) is 40.5 Å². The highest BCUT2D eigenvalue weighted by atomic mass is 16.5. The molecule has 0 radical (unpaired) electrons. The third-order valence-electron chi connectivity index (χ3n) is 3.73. The highest BCUT2D eigenvalue weighted by Gasteiger charge is 2.46. The van der Waals surface area contributed by atoms with Crippen LogP contribution in [0.25, 0.3) is 0 Å². The predicted octanol–water partition coefficient (Wildman–Crippen LogP) is 2.46. The summed E-state index contributed by atoms with van der Waals surface area (Å²) in [6, 6.07) is 0.0645. The molecule has 1 rings (SSSR count). The second-order valence-electron chi connectivity index (χ2n) is 5.88. The van der Waals surface area contributed by atoms with Crippen LogP contribution in [0, 0.1) is 11.3 Å². The van der Waals surface area contributed by atoms with Crippen molar-refractivity contribution in [3.05, 3.63) is 11.3 Å². The van der Waals surface area contributed by atoms with Gasteiger partial charge >= 0.3 is 5.97 Å². The molecule has 0 aliphatic heterocycles. The van der Waals surface area contributed by atoms with Gasteiger partial charge in [0.1, 0.15) is 11.7 Å². The van der Waals surface area contributed by atoms with Crippen LogP contribution < -0.4 is 0 Å². The number of esters is 1. The van der Waals surface area contributed by atoms with Crippen LogP contribution in [-0.4, -0.2) is 36.2 Å². The number of aliphatic hydroxyl groups excluding tert-OH is 1. The molecule has 5 heteroatoms. The van der Waals surface area contributed by atoms with Crippen LogP contribution >= 0.6 is 0 Å². The first-order valence-corrected chi connectivity index (χ1v) is 6.82. The average molecular weight is 281 g/mol. The van der Waals surface area contributed by atoms with Gasteiger partial charge in [0.15, 0.2) is 5.78 Å². The Balaban J connectivity index is 3.23. The molecule has 20 heavy (non-hydrogen) atoms. The number of nitrogens with zero attached hydrogens (tertiary/aromatic N) is 1. The summed E-state index contributed by atoms with van der Waals surface area (Å²) >= 11 is 0. The lowest BCUT2D eigenvalue weighted by atomic mass is 9.68. The topological polar surface area (TPSA) is 76.0 Å². The normalized spacial score (nSPS) is 24.1. The molecule has 0 spiro atoms. The first-order valence-electron chi connectivity index (χ1n) is 6.82. The van der Waals surface area contributed by atoms with Gasteiger partial charge in [-0.3, -0.25) is 14.6 Å². The van der Waals surface area contributed by atoms with E-state index in [1.807, 2.05) is 13.8 Å². The zero-order valence-corrected chi connectivity index (χ0v) is 12.8. The van der Waals surface area contributed by atoms with E-state index in [1.165, 1.54) is 13.3 Å². The molecule has 5 nitrogen and oxygen atoms in total. The maximum Gasteiger partial charge on any atom is 0.316 e. The van der Waals surface area contributed by atoms with Crippen molar-refractivity contribution in [3.63, 3.8) is 0 Å². The van der Waals surface area contributed by atoms with Crippen molar-refractivity contribution in [1.82, 2.24) is 0 Å². The average Bonchev–Trinajstić information content (AvgIpc) is 2.36. The Kier molecular flexibility index (Phi) is 5.09. The molecule has 0 saturated heterocycles. The van der Waals surface area contributed by atoms with E-state index < -0.39 is 17.3 Å². The van der Waals surface area contributed by atoms with E-state index in [-0.39, 0.29) is 29.6 Å². The second-order valence-corrected chi connectivity index (χ2v) is 5.88. The summed E-state index contributed by atoms with van der Waals surface area (Å²) in [5.74, 6) is -1.79. The second kappa shape index (κ2) is 6.20. The van der Waals surface area contributed by atoms with Crippen LogP contribution in [-0.2, 0) is 14.3 Å². The molecule has 1 N–H and O–H groups in total. The third-order valence-corrected chi connectivity index (χ3v) is 3.73. The molecule has 0 bridgehead atoms. The van der Waals surface area contributed by atoms with E-state index in [9.17, 15) is 14.7 Å². The fourth-order valence-corrected chi connectivity index (χ4v) is 2.27. The van der Waals surface area contributed by atoms with E-state index in [0.717, 1.165) is 6.42 Å². The van der Waals surface area contributed by atoms with Crippen molar-refractivity contribution in [2.75, 3.05) is 7.11 Å². The Morgan fingerprint density at radius 2 is 2.20 bits per heavy atom. The highest BCUT2D eigenvalue weighted by Crippen LogP contribution is 2.41. The number of carbonyl (C=O) groups excluding carboxylic acids is 2. The molecular weight excluding hydrogens is 258 g/mol. The number of aliphatic imine (C=N–C) groups is 1. The van der Waals surface area contributed by atoms with E-state index >= 15 is 0 Å². The molecule has 0 aromatic carbocycles. The molecule has 0 aromatic heterocycles.